The predicted molar refractivity (Wildman–Crippen MR) is 78.0 cm³/mol. The van der Waals surface area contributed by atoms with Crippen molar-refractivity contribution in [2.45, 2.75) is 20.4 Å². The van der Waals surface area contributed by atoms with Crippen LogP contribution < -0.4 is 10.1 Å². The molecule has 100 valence electrons. The van der Waals surface area contributed by atoms with Crippen LogP contribution in [-0.4, -0.2) is 12.0 Å². The molecule has 0 atom stereocenters. The van der Waals surface area contributed by atoms with Gasteiger partial charge in [0.15, 0.2) is 0 Å². The Labute approximate surface area is 118 Å². The molecule has 0 aliphatic rings. The maximum absolute atomic E-state index is 6.15. The summed E-state index contributed by atoms with van der Waals surface area (Å²) in [4.78, 5) is 4.33. The van der Waals surface area contributed by atoms with E-state index in [2.05, 4.69) is 16.4 Å². The van der Waals surface area contributed by atoms with Gasteiger partial charge in [0.2, 0.25) is 5.88 Å². The monoisotopic (exact) mass is 276 g/mol. The molecule has 0 amide bonds. The van der Waals surface area contributed by atoms with Crippen LogP contribution in [0.15, 0.2) is 30.5 Å². The summed E-state index contributed by atoms with van der Waals surface area (Å²) in [5, 5.41) is 3.69. The van der Waals surface area contributed by atoms with Crippen molar-refractivity contribution in [2.24, 2.45) is 0 Å². The normalized spacial score (nSPS) is 10.5. The second-order valence-corrected chi connectivity index (χ2v) is 4.94. The minimum atomic E-state index is 0.589. The molecule has 0 spiro atoms. The second kappa shape index (κ2) is 6.04. The van der Waals surface area contributed by atoms with Crippen LogP contribution in [0, 0.1) is 13.8 Å². The number of hydrogen-bond donors (Lipinski definition) is 1. The number of nitrogens with one attached hydrogen (secondary N) is 1. The molecular weight excluding hydrogens is 260 g/mol. The Hall–Kier alpha value is -1.58. The molecule has 2 aromatic rings. The Balaban J connectivity index is 2.23. The predicted octanol–water partition coefficient (Wildman–Crippen LogP) is 3.86. The first kappa shape index (κ1) is 13.8. The third kappa shape index (κ3) is 3.46. The Morgan fingerprint density at radius 3 is 2.68 bits per heavy atom. The molecule has 0 aliphatic carbocycles. The van der Waals surface area contributed by atoms with E-state index in [0.717, 1.165) is 23.2 Å². The molecule has 0 saturated heterocycles. The number of aromatic nitrogens is 1. The molecule has 1 heterocycles. The van der Waals surface area contributed by atoms with E-state index in [1.54, 1.807) is 6.20 Å². The van der Waals surface area contributed by atoms with Crippen LogP contribution in [0.5, 0.6) is 11.6 Å². The van der Waals surface area contributed by atoms with Gasteiger partial charge in [-0.15, -0.1) is 0 Å². The molecule has 0 saturated carbocycles. The molecule has 19 heavy (non-hydrogen) atoms. The van der Waals surface area contributed by atoms with Gasteiger partial charge in [-0.3, -0.25) is 0 Å². The fraction of sp³-hybridized carbons (Fsp3) is 0.267. The van der Waals surface area contributed by atoms with Crippen LogP contribution >= 0.6 is 11.6 Å². The zero-order chi connectivity index (χ0) is 13.8. The second-order valence-electron chi connectivity index (χ2n) is 4.53. The molecule has 0 fully saturated rings. The average molecular weight is 277 g/mol. The smallest absolute Gasteiger partial charge is 0.222 e. The summed E-state index contributed by atoms with van der Waals surface area (Å²) in [5.74, 6) is 1.22. The lowest BCUT2D eigenvalue weighted by atomic mass is 10.2. The molecule has 3 nitrogen and oxygen atoms in total. The van der Waals surface area contributed by atoms with Crippen LogP contribution in [-0.2, 0) is 6.54 Å². The molecule has 1 N–H and O–H groups in total. The summed E-state index contributed by atoms with van der Waals surface area (Å²) in [7, 11) is 1.91. The summed E-state index contributed by atoms with van der Waals surface area (Å²) in [6.45, 7) is 4.76. The number of halogens is 1. The van der Waals surface area contributed by atoms with Gasteiger partial charge in [0, 0.05) is 18.3 Å². The van der Waals surface area contributed by atoms with Gasteiger partial charge >= 0.3 is 0 Å². The number of benzene rings is 1. The molecule has 0 unspecified atom stereocenters. The summed E-state index contributed by atoms with van der Waals surface area (Å²) >= 11 is 6.15. The first-order chi connectivity index (χ1) is 9.10. The van der Waals surface area contributed by atoms with Crippen molar-refractivity contribution >= 4 is 11.6 Å². The summed E-state index contributed by atoms with van der Waals surface area (Å²) in [6, 6.07) is 7.76. The third-order valence-corrected chi connectivity index (χ3v) is 3.06. The molecule has 2 rings (SSSR count). The Bertz CT molecular complexity index is 584. The lowest BCUT2D eigenvalue weighted by Gasteiger charge is -2.10. The SMILES string of the molecule is CNCc1cnc(Oc2ccc(C)cc2Cl)c(C)c1. The van der Waals surface area contributed by atoms with E-state index < -0.39 is 0 Å². The van der Waals surface area contributed by atoms with Gasteiger partial charge in [0.25, 0.3) is 0 Å². The fourth-order valence-electron chi connectivity index (χ4n) is 1.82. The number of rotatable bonds is 4. The summed E-state index contributed by atoms with van der Waals surface area (Å²) in [6.07, 6.45) is 1.81. The quantitative estimate of drug-likeness (QED) is 0.921. The van der Waals surface area contributed by atoms with Crippen LogP contribution in [0.25, 0.3) is 0 Å². The van der Waals surface area contributed by atoms with E-state index in [1.165, 1.54) is 0 Å². The van der Waals surface area contributed by atoms with E-state index in [4.69, 9.17) is 16.3 Å². The number of nitrogens with zero attached hydrogens (tertiary/aromatic N) is 1. The van der Waals surface area contributed by atoms with Gasteiger partial charge in [-0.05, 0) is 50.2 Å². The van der Waals surface area contributed by atoms with E-state index in [9.17, 15) is 0 Å². The number of aryl methyl sites for hydroxylation is 2. The van der Waals surface area contributed by atoms with Crippen molar-refractivity contribution in [1.29, 1.82) is 0 Å². The molecule has 0 bridgehead atoms. The topological polar surface area (TPSA) is 34.2 Å². The third-order valence-electron chi connectivity index (χ3n) is 2.76. The minimum Gasteiger partial charge on any atom is -0.437 e. The first-order valence-corrected chi connectivity index (χ1v) is 6.52. The number of pyridine rings is 1. The van der Waals surface area contributed by atoms with Crippen LogP contribution in [0.3, 0.4) is 0 Å². The largest absolute Gasteiger partial charge is 0.437 e. The molecule has 1 aromatic carbocycles. The lowest BCUT2D eigenvalue weighted by molar-refractivity contribution is 0.458. The Morgan fingerprint density at radius 2 is 2.05 bits per heavy atom. The van der Waals surface area contributed by atoms with E-state index >= 15 is 0 Å². The van der Waals surface area contributed by atoms with E-state index in [0.29, 0.717) is 16.7 Å². The number of ether oxygens (including phenoxy) is 1. The molecule has 0 radical (unpaired) electrons. The van der Waals surface area contributed by atoms with Crippen molar-refractivity contribution in [3.8, 4) is 11.6 Å². The van der Waals surface area contributed by atoms with Crippen molar-refractivity contribution in [1.82, 2.24) is 10.3 Å². The van der Waals surface area contributed by atoms with Crippen molar-refractivity contribution in [2.75, 3.05) is 7.05 Å². The molecule has 0 aliphatic heterocycles. The van der Waals surface area contributed by atoms with Gasteiger partial charge in [-0.2, -0.15) is 0 Å². The van der Waals surface area contributed by atoms with Crippen LogP contribution in [0.4, 0.5) is 0 Å². The highest BCUT2D eigenvalue weighted by Gasteiger charge is 2.07. The van der Waals surface area contributed by atoms with Gasteiger partial charge < -0.3 is 10.1 Å². The number of hydrogen-bond acceptors (Lipinski definition) is 3. The maximum atomic E-state index is 6.15. The molecular formula is C15H17ClN2O. The van der Waals surface area contributed by atoms with Gasteiger partial charge in [0.05, 0.1) is 5.02 Å². The zero-order valence-corrected chi connectivity index (χ0v) is 12.1. The van der Waals surface area contributed by atoms with Crippen molar-refractivity contribution in [3.63, 3.8) is 0 Å². The van der Waals surface area contributed by atoms with Crippen LogP contribution in [0.1, 0.15) is 16.7 Å². The summed E-state index contributed by atoms with van der Waals surface area (Å²) in [5.41, 5.74) is 3.22. The highest BCUT2D eigenvalue weighted by atomic mass is 35.5. The van der Waals surface area contributed by atoms with E-state index in [1.807, 2.05) is 39.1 Å². The van der Waals surface area contributed by atoms with Crippen molar-refractivity contribution in [3.05, 3.63) is 52.2 Å². The Kier molecular flexibility index (Phi) is 4.40. The highest BCUT2D eigenvalue weighted by molar-refractivity contribution is 6.32. The zero-order valence-electron chi connectivity index (χ0n) is 11.3. The summed E-state index contributed by atoms with van der Waals surface area (Å²) < 4.78 is 5.76. The van der Waals surface area contributed by atoms with Gasteiger partial charge in [-0.25, -0.2) is 4.98 Å². The van der Waals surface area contributed by atoms with E-state index in [-0.39, 0.29) is 0 Å². The Morgan fingerprint density at radius 1 is 1.26 bits per heavy atom. The molecule has 1 aromatic heterocycles. The van der Waals surface area contributed by atoms with Gasteiger partial charge in [0.1, 0.15) is 5.75 Å². The van der Waals surface area contributed by atoms with Crippen LogP contribution in [0.2, 0.25) is 5.02 Å². The lowest BCUT2D eigenvalue weighted by Crippen LogP contribution is -2.06. The maximum Gasteiger partial charge on any atom is 0.222 e. The average Bonchev–Trinajstić information content (AvgIpc) is 2.36. The van der Waals surface area contributed by atoms with Crippen molar-refractivity contribution < 1.29 is 4.74 Å². The fourth-order valence-corrected chi connectivity index (χ4v) is 2.09. The standard InChI is InChI=1S/C15H17ClN2O/c1-10-4-5-14(13(16)6-10)19-15-11(2)7-12(8-17-3)9-18-15/h4-7,9,17H,8H2,1-3H3. The minimum absolute atomic E-state index is 0.589. The van der Waals surface area contributed by atoms with Gasteiger partial charge in [-0.1, -0.05) is 17.7 Å². The first-order valence-electron chi connectivity index (χ1n) is 6.14. The highest BCUT2D eigenvalue weighted by Crippen LogP contribution is 2.30. The molecule has 4 heteroatoms.